The molecule has 0 radical (unpaired) electrons. The molecule has 1 aromatic carbocycles. The molecule has 3 rings (SSSR count). The Morgan fingerprint density at radius 1 is 1.16 bits per heavy atom. The first-order valence-electron chi connectivity index (χ1n) is 9.19. The number of carbonyl (C=O) groups excluding carboxylic acids is 1. The Labute approximate surface area is 149 Å². The van der Waals surface area contributed by atoms with Crippen LogP contribution in [0, 0.1) is 0 Å². The fourth-order valence-corrected chi connectivity index (χ4v) is 3.51. The van der Waals surface area contributed by atoms with Crippen LogP contribution < -0.4 is 5.32 Å². The van der Waals surface area contributed by atoms with E-state index in [0.29, 0.717) is 19.3 Å². The average Bonchev–Trinajstić information content (AvgIpc) is 2.65. The number of rotatable bonds is 7. The first-order chi connectivity index (χ1) is 12.1. The topological polar surface area (TPSA) is 62.2 Å². The summed E-state index contributed by atoms with van der Waals surface area (Å²) in [6.07, 6.45) is 9.79. The third-order valence-electron chi connectivity index (χ3n) is 5.01. The van der Waals surface area contributed by atoms with Crippen LogP contribution in [0.25, 0.3) is 0 Å². The summed E-state index contributed by atoms with van der Waals surface area (Å²) in [5.41, 5.74) is 2.61. The highest BCUT2D eigenvalue weighted by atomic mass is 16.3. The van der Waals surface area contributed by atoms with Gasteiger partial charge in [-0.2, -0.15) is 0 Å². The lowest BCUT2D eigenvalue weighted by atomic mass is 9.81. The van der Waals surface area contributed by atoms with Gasteiger partial charge in [-0.3, -0.25) is 9.78 Å². The van der Waals surface area contributed by atoms with E-state index in [1.807, 2.05) is 30.3 Å². The minimum atomic E-state index is -1.04. The fraction of sp³-hybridized carbons (Fsp3) is 0.429. The number of aliphatic hydroxyl groups is 1. The van der Waals surface area contributed by atoms with Crippen molar-refractivity contribution in [2.45, 2.75) is 57.5 Å². The van der Waals surface area contributed by atoms with Crippen LogP contribution in [-0.2, 0) is 16.8 Å². The Morgan fingerprint density at radius 2 is 2.04 bits per heavy atom. The Hall–Kier alpha value is -2.20. The molecule has 0 fully saturated rings. The van der Waals surface area contributed by atoms with Gasteiger partial charge in [0.25, 0.3) is 0 Å². The van der Waals surface area contributed by atoms with Crippen LogP contribution in [0.2, 0.25) is 0 Å². The lowest BCUT2D eigenvalue weighted by molar-refractivity contribution is -0.116. The van der Waals surface area contributed by atoms with Gasteiger partial charge < -0.3 is 10.4 Å². The Kier molecular flexibility index (Phi) is 5.49. The summed E-state index contributed by atoms with van der Waals surface area (Å²) in [6.45, 7) is 2.19. The molecule has 25 heavy (non-hydrogen) atoms. The van der Waals surface area contributed by atoms with Gasteiger partial charge >= 0.3 is 0 Å². The van der Waals surface area contributed by atoms with Gasteiger partial charge in [0.05, 0.1) is 0 Å². The summed E-state index contributed by atoms with van der Waals surface area (Å²) in [5.74, 6) is 0.0577. The molecule has 4 nitrogen and oxygen atoms in total. The molecule has 2 N–H and O–H groups in total. The summed E-state index contributed by atoms with van der Waals surface area (Å²) in [7, 11) is 0. The van der Waals surface area contributed by atoms with Gasteiger partial charge in [-0.15, -0.1) is 0 Å². The third kappa shape index (κ3) is 3.90. The number of hydrogen-bond acceptors (Lipinski definition) is 3. The monoisotopic (exact) mass is 338 g/mol. The summed E-state index contributed by atoms with van der Waals surface area (Å²) in [5, 5.41) is 14.5. The number of benzene rings is 1. The molecule has 1 aliphatic heterocycles. The van der Waals surface area contributed by atoms with Crippen molar-refractivity contribution in [3.8, 4) is 0 Å². The quantitative estimate of drug-likeness (QED) is 0.745. The molecule has 1 aliphatic rings. The molecule has 0 saturated carbocycles. The second kappa shape index (κ2) is 7.79. The second-order valence-electron chi connectivity index (χ2n) is 6.83. The molecule has 0 bridgehead atoms. The maximum absolute atomic E-state index is 11.6. The molecule has 4 heteroatoms. The Bertz CT molecular complexity index is 730. The summed E-state index contributed by atoms with van der Waals surface area (Å²) < 4.78 is 0. The van der Waals surface area contributed by atoms with E-state index >= 15 is 0 Å². The number of aryl methyl sites for hydroxylation is 1. The van der Waals surface area contributed by atoms with E-state index in [-0.39, 0.29) is 5.91 Å². The zero-order chi connectivity index (χ0) is 17.7. The highest BCUT2D eigenvalue weighted by Gasteiger charge is 2.32. The van der Waals surface area contributed by atoms with E-state index in [1.54, 1.807) is 12.4 Å². The number of fused-ring (bicyclic) bond motifs is 1. The molecule has 132 valence electrons. The average molecular weight is 338 g/mol. The molecule has 1 amide bonds. The zero-order valence-electron chi connectivity index (χ0n) is 14.8. The van der Waals surface area contributed by atoms with Crippen LogP contribution in [-0.4, -0.2) is 16.0 Å². The van der Waals surface area contributed by atoms with Crippen LogP contribution in [0.5, 0.6) is 0 Å². The highest BCUT2D eigenvalue weighted by molar-refractivity contribution is 5.93. The van der Waals surface area contributed by atoms with E-state index in [9.17, 15) is 9.90 Å². The molecule has 0 aliphatic carbocycles. The number of hydrogen-bond donors (Lipinski definition) is 2. The van der Waals surface area contributed by atoms with Crippen molar-refractivity contribution in [3.63, 3.8) is 0 Å². The van der Waals surface area contributed by atoms with Crippen molar-refractivity contribution >= 4 is 11.6 Å². The van der Waals surface area contributed by atoms with Crippen molar-refractivity contribution in [3.05, 3.63) is 59.4 Å². The van der Waals surface area contributed by atoms with Crippen LogP contribution >= 0.6 is 0 Å². The molecular weight excluding hydrogens is 312 g/mol. The zero-order valence-corrected chi connectivity index (χ0v) is 14.8. The van der Waals surface area contributed by atoms with E-state index < -0.39 is 5.60 Å². The second-order valence-corrected chi connectivity index (χ2v) is 6.83. The molecule has 0 saturated heterocycles. The SMILES string of the molecule is CCCCCCC(O)(c1cccnc1)c1ccc2c(c1)CCC(=O)N2. The van der Waals surface area contributed by atoms with Crippen molar-refractivity contribution in [2.24, 2.45) is 0 Å². The number of pyridine rings is 1. The smallest absolute Gasteiger partial charge is 0.224 e. The molecule has 1 unspecified atom stereocenters. The standard InChI is InChI=1S/C21H26N2O2/c1-2-3-4-5-12-21(25,18-7-6-13-22-15-18)17-9-10-19-16(14-17)8-11-20(24)23-19/h6-7,9-10,13-15,25H,2-5,8,11-12H2,1H3,(H,23,24). The largest absolute Gasteiger partial charge is 0.380 e. The number of unbranched alkanes of at least 4 members (excludes halogenated alkanes) is 3. The minimum absolute atomic E-state index is 0.0577. The molecule has 0 spiro atoms. The summed E-state index contributed by atoms with van der Waals surface area (Å²) in [6, 6.07) is 9.69. The van der Waals surface area contributed by atoms with E-state index in [0.717, 1.165) is 35.2 Å². The number of amides is 1. The van der Waals surface area contributed by atoms with Gasteiger partial charge in [0.15, 0.2) is 0 Å². The van der Waals surface area contributed by atoms with Crippen LogP contribution in [0.3, 0.4) is 0 Å². The van der Waals surface area contributed by atoms with Gasteiger partial charge in [0.2, 0.25) is 5.91 Å². The van der Waals surface area contributed by atoms with Crippen molar-refractivity contribution in [2.75, 3.05) is 5.32 Å². The normalized spacial score (nSPS) is 16.0. The summed E-state index contributed by atoms with van der Waals surface area (Å²) >= 11 is 0. The molecule has 2 heterocycles. The van der Waals surface area contributed by atoms with E-state index in [2.05, 4.69) is 17.2 Å². The lowest BCUT2D eigenvalue weighted by Crippen LogP contribution is -2.28. The highest BCUT2D eigenvalue weighted by Crippen LogP contribution is 2.37. The van der Waals surface area contributed by atoms with Crippen LogP contribution in [0.4, 0.5) is 5.69 Å². The van der Waals surface area contributed by atoms with Gasteiger partial charge in [-0.05, 0) is 42.5 Å². The minimum Gasteiger partial charge on any atom is -0.380 e. The van der Waals surface area contributed by atoms with Crippen molar-refractivity contribution in [1.82, 2.24) is 4.98 Å². The maximum Gasteiger partial charge on any atom is 0.224 e. The van der Waals surface area contributed by atoms with Gasteiger partial charge in [-0.1, -0.05) is 44.4 Å². The molecule has 1 aromatic heterocycles. The van der Waals surface area contributed by atoms with Crippen molar-refractivity contribution in [1.29, 1.82) is 0 Å². The first-order valence-corrected chi connectivity index (χ1v) is 9.19. The third-order valence-corrected chi connectivity index (χ3v) is 5.01. The first kappa shape index (κ1) is 17.6. The Morgan fingerprint density at radius 3 is 2.80 bits per heavy atom. The predicted octanol–water partition coefficient (Wildman–Crippen LogP) is 4.17. The molecule has 2 aromatic rings. The maximum atomic E-state index is 11.6. The van der Waals surface area contributed by atoms with Crippen molar-refractivity contribution < 1.29 is 9.90 Å². The molecular formula is C21H26N2O2. The number of carbonyl (C=O) groups is 1. The van der Waals surface area contributed by atoms with Gasteiger partial charge in [-0.25, -0.2) is 0 Å². The van der Waals surface area contributed by atoms with E-state index in [1.165, 1.54) is 12.8 Å². The van der Waals surface area contributed by atoms with Crippen LogP contribution in [0.15, 0.2) is 42.7 Å². The van der Waals surface area contributed by atoms with E-state index in [4.69, 9.17) is 0 Å². The van der Waals surface area contributed by atoms with Gasteiger partial charge in [0.1, 0.15) is 5.60 Å². The Balaban J connectivity index is 1.92. The summed E-state index contributed by atoms with van der Waals surface area (Å²) in [4.78, 5) is 15.8. The number of nitrogens with one attached hydrogen (secondary N) is 1. The predicted molar refractivity (Wildman–Crippen MR) is 99.4 cm³/mol. The molecule has 1 atom stereocenters. The number of nitrogens with zero attached hydrogens (tertiary/aromatic N) is 1. The van der Waals surface area contributed by atoms with Gasteiger partial charge in [0, 0.05) is 30.1 Å². The number of anilines is 1. The lowest BCUT2D eigenvalue weighted by Gasteiger charge is -2.30. The fourth-order valence-electron chi connectivity index (χ4n) is 3.51. The number of aromatic nitrogens is 1. The van der Waals surface area contributed by atoms with Crippen LogP contribution in [0.1, 0.15) is 62.1 Å².